The lowest BCUT2D eigenvalue weighted by Gasteiger charge is -2.32. The Morgan fingerprint density at radius 2 is 1.64 bits per heavy atom. The first kappa shape index (κ1) is 32.7. The molecule has 2 amide bonds. The molecule has 1 N–H and O–H groups in total. The van der Waals surface area contributed by atoms with E-state index in [2.05, 4.69) is 5.32 Å². The molecule has 9 heteroatoms. The van der Waals surface area contributed by atoms with Gasteiger partial charge in [0.05, 0.1) is 19.1 Å². The van der Waals surface area contributed by atoms with E-state index in [4.69, 9.17) is 4.74 Å². The lowest BCUT2D eigenvalue weighted by atomic mass is 10.0. The first-order chi connectivity index (χ1) is 20.0. The Hall–Kier alpha value is -3.85. The summed E-state index contributed by atoms with van der Waals surface area (Å²) in [6.45, 7) is 6.92. The molecular weight excluding hydrogens is 550 g/mol. The lowest BCUT2D eigenvalue weighted by molar-refractivity contribution is -0.141. The second kappa shape index (κ2) is 15.4. The number of hydrogen-bond donors (Lipinski definition) is 1. The Labute approximate surface area is 250 Å². The largest absolute Gasteiger partial charge is 0.497 e. The van der Waals surface area contributed by atoms with Gasteiger partial charge in [-0.25, -0.2) is 8.42 Å². The lowest BCUT2D eigenvalue weighted by Crippen LogP contribution is -2.51. The summed E-state index contributed by atoms with van der Waals surface area (Å²) in [5, 5.41) is 3.03. The number of ether oxygens (including phenoxy) is 1. The highest BCUT2D eigenvalue weighted by molar-refractivity contribution is 7.92. The van der Waals surface area contributed by atoms with Gasteiger partial charge in [0.2, 0.25) is 21.8 Å². The van der Waals surface area contributed by atoms with Gasteiger partial charge in [-0.3, -0.25) is 13.9 Å². The predicted octanol–water partition coefficient (Wildman–Crippen LogP) is 4.96. The molecule has 8 nitrogen and oxygen atoms in total. The van der Waals surface area contributed by atoms with Crippen molar-refractivity contribution in [3.05, 3.63) is 95.6 Å². The van der Waals surface area contributed by atoms with Crippen molar-refractivity contribution in [1.82, 2.24) is 10.2 Å². The number of anilines is 1. The molecule has 0 aliphatic heterocycles. The van der Waals surface area contributed by atoms with Crippen molar-refractivity contribution in [3.63, 3.8) is 0 Å². The van der Waals surface area contributed by atoms with Crippen LogP contribution in [0.1, 0.15) is 43.4 Å². The van der Waals surface area contributed by atoms with Gasteiger partial charge >= 0.3 is 0 Å². The number of nitrogens with zero attached hydrogens (tertiary/aromatic N) is 2. The van der Waals surface area contributed by atoms with E-state index in [9.17, 15) is 18.0 Å². The molecule has 42 heavy (non-hydrogen) atoms. The quantitative estimate of drug-likeness (QED) is 0.269. The van der Waals surface area contributed by atoms with Gasteiger partial charge in [0.15, 0.2) is 0 Å². The number of carbonyl (C=O) groups excluding carboxylic acids is 2. The molecule has 0 aromatic heterocycles. The van der Waals surface area contributed by atoms with Gasteiger partial charge in [0.25, 0.3) is 0 Å². The molecule has 0 heterocycles. The van der Waals surface area contributed by atoms with Crippen molar-refractivity contribution < 1.29 is 22.7 Å². The van der Waals surface area contributed by atoms with Crippen LogP contribution >= 0.6 is 0 Å². The number of amides is 2. The van der Waals surface area contributed by atoms with E-state index >= 15 is 0 Å². The normalized spacial score (nSPS) is 12.0. The van der Waals surface area contributed by atoms with Crippen molar-refractivity contribution in [3.8, 4) is 5.75 Å². The Kier molecular flexibility index (Phi) is 12.0. The summed E-state index contributed by atoms with van der Waals surface area (Å²) in [5.41, 5.74) is 3.40. The zero-order valence-electron chi connectivity index (χ0n) is 25.2. The Morgan fingerprint density at radius 1 is 0.952 bits per heavy atom. The van der Waals surface area contributed by atoms with Gasteiger partial charge in [-0.2, -0.15) is 0 Å². The van der Waals surface area contributed by atoms with E-state index in [1.54, 1.807) is 29.2 Å². The first-order valence-corrected chi connectivity index (χ1v) is 16.1. The topological polar surface area (TPSA) is 96.0 Å². The van der Waals surface area contributed by atoms with Crippen LogP contribution in [-0.4, -0.2) is 57.6 Å². The molecule has 0 bridgehead atoms. The van der Waals surface area contributed by atoms with E-state index in [0.717, 1.165) is 22.9 Å². The minimum atomic E-state index is -3.61. The number of rotatable bonds is 15. The number of methoxy groups -OCH3 is 1. The molecule has 226 valence electrons. The van der Waals surface area contributed by atoms with Crippen LogP contribution < -0.4 is 14.4 Å². The maximum absolute atomic E-state index is 14.0. The van der Waals surface area contributed by atoms with Crippen molar-refractivity contribution in [2.24, 2.45) is 5.92 Å². The maximum atomic E-state index is 14.0. The SMILES string of the molecule is COc1cccc(N(CCCC(=O)N(Cc2ccccc2C)C(Cc2ccccc2)C(=O)NCC(C)C)S(C)(=O)=O)c1. The molecule has 1 unspecified atom stereocenters. The molecule has 0 aliphatic carbocycles. The molecule has 0 saturated heterocycles. The summed E-state index contributed by atoms with van der Waals surface area (Å²) >= 11 is 0. The van der Waals surface area contributed by atoms with E-state index < -0.39 is 16.1 Å². The van der Waals surface area contributed by atoms with Crippen LogP contribution in [0, 0.1) is 12.8 Å². The summed E-state index contributed by atoms with van der Waals surface area (Å²) < 4.78 is 31.9. The van der Waals surface area contributed by atoms with Gasteiger partial charge in [-0.05, 0) is 48.1 Å². The Bertz CT molecular complexity index is 1430. The maximum Gasteiger partial charge on any atom is 0.243 e. The van der Waals surface area contributed by atoms with Gasteiger partial charge in [-0.15, -0.1) is 0 Å². The molecule has 0 aliphatic rings. The smallest absolute Gasteiger partial charge is 0.243 e. The minimum Gasteiger partial charge on any atom is -0.497 e. The minimum absolute atomic E-state index is 0.0740. The van der Waals surface area contributed by atoms with Crippen molar-refractivity contribution in [1.29, 1.82) is 0 Å². The number of carbonyl (C=O) groups is 2. The van der Waals surface area contributed by atoms with Crippen LogP contribution in [-0.2, 0) is 32.6 Å². The van der Waals surface area contributed by atoms with Crippen molar-refractivity contribution >= 4 is 27.5 Å². The standard InChI is InChI=1S/C33H43N3O5S/c1-25(2)23-34-33(38)31(21-27-14-7-6-8-15-27)35(24-28-16-10-9-13-26(28)3)32(37)19-12-20-36(42(5,39)40)29-17-11-18-30(22-29)41-4/h6-11,13-18,22,25,31H,12,19-21,23-24H2,1-5H3,(H,34,38). The highest BCUT2D eigenvalue weighted by Gasteiger charge is 2.31. The van der Waals surface area contributed by atoms with Crippen molar-refractivity contribution in [2.45, 2.75) is 52.6 Å². The summed E-state index contributed by atoms with van der Waals surface area (Å²) in [4.78, 5) is 29.2. The summed E-state index contributed by atoms with van der Waals surface area (Å²) in [6, 6.07) is 23.6. The zero-order chi connectivity index (χ0) is 30.7. The van der Waals surface area contributed by atoms with Crippen LogP contribution in [0.3, 0.4) is 0 Å². The molecule has 3 aromatic carbocycles. The first-order valence-electron chi connectivity index (χ1n) is 14.3. The average Bonchev–Trinajstić information content (AvgIpc) is 2.96. The summed E-state index contributed by atoms with van der Waals surface area (Å²) in [7, 11) is -2.09. The second-order valence-electron chi connectivity index (χ2n) is 10.9. The molecule has 1 atom stereocenters. The number of sulfonamides is 1. The van der Waals surface area contributed by atoms with E-state index in [1.165, 1.54) is 11.4 Å². The highest BCUT2D eigenvalue weighted by atomic mass is 32.2. The molecular formula is C33H43N3O5S. The molecule has 0 fully saturated rings. The predicted molar refractivity (Wildman–Crippen MR) is 168 cm³/mol. The number of aryl methyl sites for hydroxylation is 1. The fraction of sp³-hybridized carbons (Fsp3) is 0.394. The number of nitrogens with one attached hydrogen (secondary N) is 1. The van der Waals surface area contributed by atoms with Gasteiger partial charge in [-0.1, -0.05) is 74.5 Å². The zero-order valence-corrected chi connectivity index (χ0v) is 26.1. The highest BCUT2D eigenvalue weighted by Crippen LogP contribution is 2.24. The number of hydrogen-bond acceptors (Lipinski definition) is 5. The molecule has 0 saturated carbocycles. The molecule has 0 spiro atoms. The average molecular weight is 594 g/mol. The van der Waals surface area contributed by atoms with Crippen LogP contribution in [0.15, 0.2) is 78.9 Å². The molecule has 3 aromatic rings. The summed E-state index contributed by atoms with van der Waals surface area (Å²) in [6.07, 6.45) is 1.86. The van der Waals surface area contributed by atoms with Gasteiger partial charge in [0, 0.05) is 38.5 Å². The summed E-state index contributed by atoms with van der Waals surface area (Å²) in [5.74, 6) is 0.379. The van der Waals surface area contributed by atoms with E-state index in [0.29, 0.717) is 24.4 Å². The van der Waals surface area contributed by atoms with Crippen LogP contribution in [0.2, 0.25) is 0 Å². The second-order valence-corrected chi connectivity index (χ2v) is 12.8. The molecule has 0 radical (unpaired) electrons. The number of benzene rings is 3. The van der Waals surface area contributed by atoms with E-state index in [1.807, 2.05) is 75.4 Å². The van der Waals surface area contributed by atoms with Gasteiger partial charge in [0.1, 0.15) is 11.8 Å². The van der Waals surface area contributed by atoms with Crippen LogP contribution in [0.25, 0.3) is 0 Å². The van der Waals surface area contributed by atoms with Crippen molar-refractivity contribution in [2.75, 3.05) is 30.8 Å². The third kappa shape index (κ3) is 9.62. The monoisotopic (exact) mass is 593 g/mol. The third-order valence-corrected chi connectivity index (χ3v) is 8.25. The van der Waals surface area contributed by atoms with Gasteiger partial charge < -0.3 is 15.0 Å². The van der Waals surface area contributed by atoms with Crippen LogP contribution in [0.5, 0.6) is 5.75 Å². The fourth-order valence-corrected chi connectivity index (χ4v) is 5.67. The van der Waals surface area contributed by atoms with E-state index in [-0.39, 0.29) is 43.7 Å². The third-order valence-electron chi connectivity index (χ3n) is 7.05. The fourth-order valence-electron chi connectivity index (χ4n) is 4.72. The Morgan fingerprint density at radius 3 is 2.29 bits per heavy atom. The molecule has 3 rings (SSSR count). The van der Waals surface area contributed by atoms with Crippen LogP contribution in [0.4, 0.5) is 5.69 Å². The Balaban J connectivity index is 1.89.